The van der Waals surface area contributed by atoms with Gasteiger partial charge < -0.3 is 10.2 Å². The number of benzene rings is 3. The molecule has 11 heteroatoms. The lowest BCUT2D eigenvalue weighted by Gasteiger charge is -2.40. The highest BCUT2D eigenvalue weighted by Crippen LogP contribution is 2.37. The largest absolute Gasteiger partial charge is 0.416 e. The second-order valence-corrected chi connectivity index (χ2v) is 15.1. The molecule has 0 radical (unpaired) electrons. The summed E-state index contributed by atoms with van der Waals surface area (Å²) in [5, 5.41) is 3.42. The number of nitrogens with one attached hydrogen (secondary N) is 1. The van der Waals surface area contributed by atoms with Gasteiger partial charge in [0, 0.05) is 35.4 Å². The number of rotatable bonds is 8. The lowest BCUT2D eigenvalue weighted by Crippen LogP contribution is -2.46. The van der Waals surface area contributed by atoms with Crippen molar-refractivity contribution in [3.05, 3.63) is 95.1 Å². The maximum atomic E-state index is 14.4. The van der Waals surface area contributed by atoms with Crippen LogP contribution in [0.2, 0.25) is 0 Å². The van der Waals surface area contributed by atoms with Gasteiger partial charge in [-0.1, -0.05) is 48.9 Å². The van der Waals surface area contributed by atoms with Crippen LogP contribution in [0.3, 0.4) is 0 Å². The normalized spacial score (nSPS) is 17.8. The molecule has 1 unspecified atom stereocenters. The maximum absolute atomic E-state index is 14.4. The summed E-state index contributed by atoms with van der Waals surface area (Å²) < 4.78 is 67.1. The minimum atomic E-state index is -4.57. The van der Waals surface area contributed by atoms with Gasteiger partial charge in [-0.05, 0) is 94.7 Å². The summed E-state index contributed by atoms with van der Waals surface area (Å²) in [5.41, 5.74) is 1.59. The Kier molecular flexibility index (Phi) is 9.92. The van der Waals surface area contributed by atoms with Gasteiger partial charge in [-0.25, -0.2) is 13.4 Å². The molecule has 3 heterocycles. The zero-order valence-electron chi connectivity index (χ0n) is 27.3. The van der Waals surface area contributed by atoms with Crippen LogP contribution in [0.25, 0.3) is 22.2 Å². The van der Waals surface area contributed by atoms with Gasteiger partial charge in [0.05, 0.1) is 33.3 Å². The number of likely N-dealkylation sites (tertiary alicyclic amines) is 2. The van der Waals surface area contributed by atoms with Crippen LogP contribution in [-0.2, 0) is 22.6 Å². The van der Waals surface area contributed by atoms with Gasteiger partial charge in [-0.3, -0.25) is 9.69 Å². The molecule has 0 bridgehead atoms. The summed E-state index contributed by atoms with van der Waals surface area (Å²) in [6.07, 6.45) is 2.10. The number of carbonyl (C=O) groups is 1. The van der Waals surface area contributed by atoms with Crippen LogP contribution in [0.5, 0.6) is 0 Å². The number of carbonyl (C=O) groups excluding carboxylic acids is 1. The van der Waals surface area contributed by atoms with E-state index in [1.807, 2.05) is 37.3 Å². The van der Waals surface area contributed by atoms with E-state index < -0.39 is 33.5 Å². The fraction of sp³-hybridized carbons (Fsp3) is 0.405. The minimum absolute atomic E-state index is 0.0297. The van der Waals surface area contributed by atoms with Gasteiger partial charge in [-0.15, -0.1) is 0 Å². The lowest BCUT2D eigenvalue weighted by molar-refractivity contribution is -0.137. The number of hydrogen-bond donors (Lipinski definition) is 1. The smallest absolute Gasteiger partial charge is 0.345 e. The van der Waals surface area contributed by atoms with Gasteiger partial charge in [0.25, 0.3) is 5.91 Å². The van der Waals surface area contributed by atoms with E-state index in [0.717, 1.165) is 63.0 Å². The summed E-state index contributed by atoms with van der Waals surface area (Å²) in [5.74, 6) is -0.448. The van der Waals surface area contributed by atoms with Gasteiger partial charge in [-0.2, -0.15) is 13.2 Å². The predicted octanol–water partition coefficient (Wildman–Crippen LogP) is 7.27. The molecule has 1 aromatic heterocycles. The van der Waals surface area contributed by atoms with Gasteiger partial charge in [0.2, 0.25) is 0 Å². The Balaban J connectivity index is 1.48. The average molecular weight is 679 g/mol. The highest BCUT2D eigenvalue weighted by atomic mass is 32.2. The van der Waals surface area contributed by atoms with Crippen molar-refractivity contribution in [3.63, 3.8) is 0 Å². The lowest BCUT2D eigenvalue weighted by atomic mass is 9.93. The third-order valence-electron chi connectivity index (χ3n) is 9.67. The molecule has 4 aromatic rings. The monoisotopic (exact) mass is 678 g/mol. The molecule has 6 rings (SSSR count). The third-order valence-corrected chi connectivity index (χ3v) is 10.8. The molecule has 48 heavy (non-hydrogen) atoms. The zero-order chi connectivity index (χ0) is 34.1. The van der Waals surface area contributed by atoms with Crippen LogP contribution < -0.4 is 5.32 Å². The Bertz CT molecular complexity index is 1890. The number of amides is 1. The molecule has 1 N–H and O–H groups in total. The van der Waals surface area contributed by atoms with Crippen LogP contribution >= 0.6 is 0 Å². The third kappa shape index (κ3) is 7.58. The van der Waals surface area contributed by atoms with Crippen molar-refractivity contribution >= 4 is 26.6 Å². The van der Waals surface area contributed by atoms with E-state index in [1.54, 1.807) is 6.07 Å². The van der Waals surface area contributed by atoms with Crippen LogP contribution in [0.1, 0.15) is 72.1 Å². The van der Waals surface area contributed by atoms with Crippen LogP contribution in [0, 0.1) is 0 Å². The number of halogens is 3. The van der Waals surface area contributed by atoms with Crippen molar-refractivity contribution in [2.24, 2.45) is 0 Å². The first kappa shape index (κ1) is 34.1. The molecular weight excluding hydrogens is 637 g/mol. The molecule has 1 atom stereocenters. The van der Waals surface area contributed by atoms with Gasteiger partial charge in [0.15, 0.2) is 9.84 Å². The molecule has 2 fully saturated rings. The number of fused-ring (bicyclic) bond motifs is 1. The summed E-state index contributed by atoms with van der Waals surface area (Å²) in [7, 11) is -3.64. The standard InChI is InChI=1S/C37H41F3N4O3S/c1-25(26-10-5-3-6-11-26)41-36(45)34-31-23-30(48(2,46)47)14-15-33(31)42-35(27-12-9-13-28(22-27)37(38,39)40)32(34)24-43-20-16-29(17-21-43)44-18-7-4-8-19-44/h3,5-6,9-15,22-23,25,29H,4,7-8,16-21,24H2,1-2H3,(H,41,45). The quantitative estimate of drug-likeness (QED) is 0.211. The molecule has 1 amide bonds. The van der Waals surface area contributed by atoms with Gasteiger partial charge >= 0.3 is 6.18 Å². The Morgan fingerprint density at radius 1 is 0.938 bits per heavy atom. The van der Waals surface area contributed by atoms with E-state index >= 15 is 0 Å². The highest BCUT2D eigenvalue weighted by molar-refractivity contribution is 7.90. The second-order valence-electron chi connectivity index (χ2n) is 13.1. The van der Waals surface area contributed by atoms with E-state index in [4.69, 9.17) is 4.98 Å². The summed E-state index contributed by atoms with van der Waals surface area (Å²) in [6, 6.07) is 18.9. The molecular formula is C37H41F3N4O3S. The molecule has 2 aliphatic heterocycles. The maximum Gasteiger partial charge on any atom is 0.416 e. The van der Waals surface area contributed by atoms with E-state index in [9.17, 15) is 26.4 Å². The van der Waals surface area contributed by atoms with Crippen molar-refractivity contribution in [3.8, 4) is 11.3 Å². The Morgan fingerprint density at radius 2 is 1.65 bits per heavy atom. The highest BCUT2D eigenvalue weighted by Gasteiger charge is 2.33. The van der Waals surface area contributed by atoms with Crippen molar-refractivity contribution < 1.29 is 26.4 Å². The molecule has 2 aliphatic rings. The molecule has 254 valence electrons. The molecule has 0 aliphatic carbocycles. The fourth-order valence-electron chi connectivity index (χ4n) is 7.05. The fourth-order valence-corrected chi connectivity index (χ4v) is 7.70. The SMILES string of the molecule is CC(NC(=O)c1c(CN2CCC(N3CCCCC3)CC2)c(-c2cccc(C(F)(F)F)c2)nc2ccc(S(C)(=O)=O)cc12)c1ccccc1. The topological polar surface area (TPSA) is 82.6 Å². The van der Waals surface area contributed by atoms with E-state index in [1.165, 1.54) is 43.5 Å². The first-order valence-electron chi connectivity index (χ1n) is 16.5. The Hall–Kier alpha value is -3.80. The average Bonchev–Trinajstić information content (AvgIpc) is 3.08. The van der Waals surface area contributed by atoms with Crippen molar-refractivity contribution in [1.82, 2.24) is 20.1 Å². The zero-order valence-corrected chi connectivity index (χ0v) is 28.1. The minimum Gasteiger partial charge on any atom is -0.345 e. The summed E-state index contributed by atoms with van der Waals surface area (Å²) in [6.45, 7) is 5.85. The van der Waals surface area contributed by atoms with Crippen LogP contribution in [0.15, 0.2) is 77.7 Å². The van der Waals surface area contributed by atoms with E-state index in [-0.39, 0.29) is 28.3 Å². The summed E-state index contributed by atoms with van der Waals surface area (Å²) >= 11 is 0. The number of piperidine rings is 2. The molecule has 7 nitrogen and oxygen atoms in total. The number of nitrogens with zero attached hydrogens (tertiary/aromatic N) is 3. The van der Waals surface area contributed by atoms with E-state index in [2.05, 4.69) is 15.1 Å². The molecule has 3 aromatic carbocycles. The van der Waals surface area contributed by atoms with Crippen LogP contribution in [0.4, 0.5) is 13.2 Å². The summed E-state index contributed by atoms with van der Waals surface area (Å²) in [4.78, 5) is 24.1. The second kappa shape index (κ2) is 14.0. The van der Waals surface area contributed by atoms with E-state index in [0.29, 0.717) is 22.5 Å². The Labute approximate surface area is 280 Å². The van der Waals surface area contributed by atoms with Crippen LogP contribution in [-0.4, -0.2) is 67.6 Å². The number of aromatic nitrogens is 1. The van der Waals surface area contributed by atoms with Crippen molar-refractivity contribution in [1.29, 1.82) is 0 Å². The number of sulfone groups is 1. The Morgan fingerprint density at radius 3 is 2.31 bits per heavy atom. The predicted molar refractivity (Wildman–Crippen MR) is 181 cm³/mol. The van der Waals surface area contributed by atoms with Crippen molar-refractivity contribution in [2.75, 3.05) is 32.4 Å². The molecule has 0 spiro atoms. The van der Waals surface area contributed by atoms with Crippen molar-refractivity contribution in [2.45, 2.75) is 68.7 Å². The number of hydrogen-bond acceptors (Lipinski definition) is 6. The number of alkyl halides is 3. The first-order chi connectivity index (χ1) is 22.9. The number of pyridine rings is 1. The molecule has 2 saturated heterocycles. The first-order valence-corrected chi connectivity index (χ1v) is 18.4. The molecule has 0 saturated carbocycles. The van der Waals surface area contributed by atoms with Gasteiger partial charge in [0.1, 0.15) is 0 Å².